The summed E-state index contributed by atoms with van der Waals surface area (Å²) >= 11 is 0. The van der Waals surface area contributed by atoms with E-state index in [4.69, 9.17) is 4.52 Å². The van der Waals surface area contributed by atoms with Gasteiger partial charge < -0.3 is 15.2 Å². The highest BCUT2D eigenvalue weighted by Gasteiger charge is 2.41. The van der Waals surface area contributed by atoms with Crippen molar-refractivity contribution in [3.63, 3.8) is 0 Å². The van der Waals surface area contributed by atoms with Crippen LogP contribution in [0.4, 0.5) is 22.0 Å². The summed E-state index contributed by atoms with van der Waals surface area (Å²) in [6, 6.07) is 0.435. The van der Waals surface area contributed by atoms with Crippen LogP contribution in [-0.2, 0) is 4.79 Å². The zero-order chi connectivity index (χ0) is 30.5. The van der Waals surface area contributed by atoms with Crippen molar-refractivity contribution < 1.29 is 36.1 Å². The maximum Gasteiger partial charge on any atom is 0.392 e. The second-order valence-corrected chi connectivity index (χ2v) is 12.3. The lowest BCUT2D eigenvalue weighted by atomic mass is 9.81. The molecule has 0 unspecified atom stereocenters. The number of hydrogen-bond acceptors (Lipinski definition) is 6. The van der Waals surface area contributed by atoms with Crippen molar-refractivity contribution in [2.24, 2.45) is 17.8 Å². The molecule has 3 fully saturated rings. The molecule has 6 rings (SSSR count). The Kier molecular flexibility index (Phi) is 7.66. The number of amides is 2. The number of halogens is 5. The molecule has 3 atom stereocenters. The molecular formula is C29H33F5N6O3. The van der Waals surface area contributed by atoms with Crippen molar-refractivity contribution >= 4 is 17.6 Å². The highest BCUT2D eigenvalue weighted by molar-refractivity contribution is 5.95. The van der Waals surface area contributed by atoms with E-state index in [1.54, 1.807) is 22.9 Å². The van der Waals surface area contributed by atoms with E-state index in [0.29, 0.717) is 22.6 Å². The van der Waals surface area contributed by atoms with Gasteiger partial charge in [-0.05, 0) is 56.4 Å². The molecule has 2 amide bonds. The molecule has 3 saturated carbocycles. The van der Waals surface area contributed by atoms with Crippen LogP contribution in [0.15, 0.2) is 29.2 Å². The summed E-state index contributed by atoms with van der Waals surface area (Å²) < 4.78 is 73.8. The van der Waals surface area contributed by atoms with Gasteiger partial charge >= 0.3 is 6.18 Å². The number of carbonyl (C=O) groups is 2. The summed E-state index contributed by atoms with van der Waals surface area (Å²) in [5.41, 5.74) is 1.83. The third kappa shape index (κ3) is 6.67. The van der Waals surface area contributed by atoms with Gasteiger partial charge in [0, 0.05) is 37.6 Å². The minimum Gasteiger partial charge on any atom is -0.364 e. The molecule has 3 aliphatic rings. The standard InChI is InChI=1S/C29H33F5N6O3/c1-15(29(32,33)34)12-22(41)37-24(17-4-5-17)20-8-11-40-13-21(36-27(40)35-20)25(18-6-9-28(30,31)10-7-18)38-26(42)19-14-43-39-23(19)16-2-3-16/h8,11,13-18,24-25H,2-7,9-10,12H2,1H3,(H,37,41)(H,38,42)/t15-,24+,25+/m1/s1. The molecule has 0 spiro atoms. The molecule has 14 heteroatoms. The van der Waals surface area contributed by atoms with E-state index in [-0.39, 0.29) is 49.2 Å². The van der Waals surface area contributed by atoms with E-state index >= 15 is 0 Å². The predicted molar refractivity (Wildman–Crippen MR) is 142 cm³/mol. The summed E-state index contributed by atoms with van der Waals surface area (Å²) in [4.78, 5) is 35.2. The molecule has 3 aromatic rings. The Hall–Kier alpha value is -3.58. The molecule has 0 bridgehead atoms. The number of nitrogens with one attached hydrogen (secondary N) is 2. The Morgan fingerprint density at radius 1 is 1.02 bits per heavy atom. The summed E-state index contributed by atoms with van der Waals surface area (Å²) in [6.07, 6.45) is 2.75. The Morgan fingerprint density at radius 3 is 2.33 bits per heavy atom. The van der Waals surface area contributed by atoms with Crippen molar-refractivity contribution in [2.45, 2.75) is 94.8 Å². The van der Waals surface area contributed by atoms with Crippen LogP contribution in [-0.4, -0.2) is 43.4 Å². The van der Waals surface area contributed by atoms with Crippen molar-refractivity contribution in [3.8, 4) is 0 Å². The number of carbonyl (C=O) groups excluding carboxylic acids is 2. The van der Waals surface area contributed by atoms with Gasteiger partial charge in [0.1, 0.15) is 11.8 Å². The number of nitrogens with zero attached hydrogens (tertiary/aromatic N) is 4. The molecule has 3 heterocycles. The predicted octanol–water partition coefficient (Wildman–Crippen LogP) is 6.05. The minimum absolute atomic E-state index is 0.0506. The van der Waals surface area contributed by atoms with Gasteiger partial charge in [-0.2, -0.15) is 13.2 Å². The quantitative estimate of drug-likeness (QED) is 0.271. The highest BCUT2D eigenvalue weighted by Crippen LogP contribution is 2.44. The maximum absolute atomic E-state index is 14.0. The van der Waals surface area contributed by atoms with Gasteiger partial charge in [0.15, 0.2) is 0 Å². The molecule has 0 saturated heterocycles. The van der Waals surface area contributed by atoms with Crippen molar-refractivity contribution in [1.82, 2.24) is 30.2 Å². The molecule has 0 aliphatic heterocycles. The van der Waals surface area contributed by atoms with E-state index < -0.39 is 48.3 Å². The molecule has 43 heavy (non-hydrogen) atoms. The molecule has 2 N–H and O–H groups in total. The van der Waals surface area contributed by atoms with E-state index in [2.05, 4.69) is 25.8 Å². The average Bonchev–Trinajstić information content (AvgIpc) is 3.88. The Morgan fingerprint density at radius 2 is 1.67 bits per heavy atom. The van der Waals surface area contributed by atoms with Crippen molar-refractivity contribution in [1.29, 1.82) is 0 Å². The number of fused-ring (bicyclic) bond motifs is 1. The normalized spacial score (nSPS) is 21.3. The van der Waals surface area contributed by atoms with Crippen molar-refractivity contribution in [3.05, 3.63) is 47.4 Å². The monoisotopic (exact) mass is 608 g/mol. The number of alkyl halides is 5. The molecule has 3 aliphatic carbocycles. The zero-order valence-electron chi connectivity index (χ0n) is 23.5. The van der Waals surface area contributed by atoms with Gasteiger partial charge in [-0.3, -0.25) is 14.0 Å². The first-order valence-corrected chi connectivity index (χ1v) is 14.7. The first kappa shape index (κ1) is 29.5. The van der Waals surface area contributed by atoms with Crippen molar-refractivity contribution in [2.75, 3.05) is 0 Å². The van der Waals surface area contributed by atoms with E-state index in [1.807, 2.05) is 0 Å². The SMILES string of the molecule is C[C@H](CC(=O)N[C@H](c1ccn2cc([C@@H](NC(=O)c3conc3C3CC3)C3CCC(F)(F)CC3)nc2n1)C1CC1)C(F)(F)F. The summed E-state index contributed by atoms with van der Waals surface area (Å²) in [6.45, 7) is 0.973. The average molecular weight is 609 g/mol. The molecule has 9 nitrogen and oxygen atoms in total. The van der Waals surface area contributed by atoms with Gasteiger partial charge in [-0.15, -0.1) is 0 Å². The largest absolute Gasteiger partial charge is 0.392 e. The lowest BCUT2D eigenvalue weighted by Gasteiger charge is -2.33. The van der Waals surface area contributed by atoms with Gasteiger partial charge in [0.05, 0.1) is 35.1 Å². The van der Waals surface area contributed by atoms with Crippen LogP contribution in [0.2, 0.25) is 0 Å². The number of imidazole rings is 1. The fourth-order valence-corrected chi connectivity index (χ4v) is 5.83. The number of aromatic nitrogens is 4. The Bertz CT molecular complexity index is 1490. The molecule has 232 valence electrons. The van der Waals surface area contributed by atoms with Gasteiger partial charge in [-0.25, -0.2) is 18.7 Å². The Labute approximate surface area is 244 Å². The maximum atomic E-state index is 14.0. The van der Waals surface area contributed by atoms with Gasteiger partial charge in [0.25, 0.3) is 5.91 Å². The smallest absolute Gasteiger partial charge is 0.364 e. The first-order chi connectivity index (χ1) is 20.4. The van der Waals surface area contributed by atoms with E-state index in [9.17, 15) is 31.5 Å². The third-order valence-electron chi connectivity index (χ3n) is 8.79. The minimum atomic E-state index is -4.47. The fraction of sp³-hybridized carbons (Fsp3) is 0.621. The van der Waals surface area contributed by atoms with Gasteiger partial charge in [0.2, 0.25) is 17.6 Å². The molecule has 0 radical (unpaired) electrons. The lowest BCUT2D eigenvalue weighted by Crippen LogP contribution is -2.37. The van der Waals surface area contributed by atoms with E-state index in [0.717, 1.165) is 32.6 Å². The van der Waals surface area contributed by atoms with Crippen LogP contribution in [0.25, 0.3) is 5.78 Å². The van der Waals surface area contributed by atoms with Crippen LogP contribution in [0.1, 0.15) is 110 Å². The Balaban J connectivity index is 1.25. The first-order valence-electron chi connectivity index (χ1n) is 14.7. The number of hydrogen-bond donors (Lipinski definition) is 2. The van der Waals surface area contributed by atoms with Crippen LogP contribution in [0.3, 0.4) is 0 Å². The third-order valence-corrected chi connectivity index (χ3v) is 8.79. The molecule has 0 aromatic carbocycles. The van der Waals surface area contributed by atoms with Crippen LogP contribution in [0, 0.1) is 17.8 Å². The topological polar surface area (TPSA) is 114 Å². The number of rotatable bonds is 10. The fourth-order valence-electron chi connectivity index (χ4n) is 5.83. The van der Waals surface area contributed by atoms with Crippen LogP contribution >= 0.6 is 0 Å². The second-order valence-electron chi connectivity index (χ2n) is 12.3. The second kappa shape index (κ2) is 11.2. The van der Waals surface area contributed by atoms with Crippen LogP contribution < -0.4 is 10.6 Å². The van der Waals surface area contributed by atoms with E-state index in [1.165, 1.54) is 6.26 Å². The lowest BCUT2D eigenvalue weighted by molar-refractivity contribution is -0.174. The van der Waals surface area contributed by atoms with Crippen LogP contribution in [0.5, 0.6) is 0 Å². The summed E-state index contributed by atoms with van der Waals surface area (Å²) in [5, 5.41) is 9.72. The molecular weight excluding hydrogens is 575 g/mol. The highest BCUT2D eigenvalue weighted by atomic mass is 19.4. The zero-order valence-corrected chi connectivity index (χ0v) is 23.5. The summed E-state index contributed by atoms with van der Waals surface area (Å²) in [5.74, 6) is -5.47. The molecule has 3 aromatic heterocycles. The summed E-state index contributed by atoms with van der Waals surface area (Å²) in [7, 11) is 0. The van der Waals surface area contributed by atoms with Gasteiger partial charge in [-0.1, -0.05) is 12.1 Å².